The van der Waals surface area contributed by atoms with Crippen molar-refractivity contribution in [3.63, 3.8) is 0 Å². The number of carbonyl (C=O) groups is 3. The standard InChI is InChI=1S/C19H23NO3/c1-3-4-9(2)20-8-12-14-11-6-5-10-7-13(11)19(16(10)21,17(14)22)15(12)18(20)23/h5,9,11-15H,3-4,6-8H2,1-2H3. The fourth-order valence-electron chi connectivity index (χ4n) is 6.84. The third kappa shape index (κ3) is 1.27. The van der Waals surface area contributed by atoms with Crippen LogP contribution in [0.15, 0.2) is 11.6 Å². The maximum atomic E-state index is 13.2. The average molecular weight is 313 g/mol. The Morgan fingerprint density at radius 2 is 2.09 bits per heavy atom. The van der Waals surface area contributed by atoms with Crippen LogP contribution in [0.25, 0.3) is 0 Å². The summed E-state index contributed by atoms with van der Waals surface area (Å²) in [6.07, 6.45) is 5.71. The molecule has 0 aromatic rings. The molecule has 4 heteroatoms. The molecular weight excluding hydrogens is 290 g/mol. The minimum Gasteiger partial charge on any atom is -0.339 e. The second-order valence-electron chi connectivity index (χ2n) is 8.30. The molecule has 122 valence electrons. The number of rotatable bonds is 3. The molecule has 0 aromatic heterocycles. The van der Waals surface area contributed by atoms with E-state index in [0.29, 0.717) is 12.5 Å². The predicted molar refractivity (Wildman–Crippen MR) is 83.3 cm³/mol. The highest BCUT2D eigenvalue weighted by Crippen LogP contribution is 2.72. The Labute approximate surface area is 136 Å². The lowest BCUT2D eigenvalue weighted by molar-refractivity contribution is -0.147. The second kappa shape index (κ2) is 4.14. The SMILES string of the molecule is CCCC(C)N1CC2C3C(=O)C4(C(=O)C5=CCC3C4C5)C2C1=O. The van der Waals surface area contributed by atoms with E-state index in [9.17, 15) is 14.4 Å². The molecule has 7 atom stereocenters. The number of Topliss-reactive ketones (excluding diaryl/α,β-unsaturated/α-hetero) is 2. The normalized spacial score (nSPS) is 47.4. The van der Waals surface area contributed by atoms with Crippen LogP contribution in [-0.2, 0) is 14.4 Å². The van der Waals surface area contributed by atoms with Gasteiger partial charge in [-0.05, 0) is 49.5 Å². The Bertz CT molecular complexity index is 680. The molecule has 1 saturated heterocycles. The van der Waals surface area contributed by atoms with Crippen molar-refractivity contribution >= 4 is 17.5 Å². The van der Waals surface area contributed by atoms with Crippen molar-refractivity contribution in [1.29, 1.82) is 0 Å². The summed E-state index contributed by atoms with van der Waals surface area (Å²) < 4.78 is 0. The summed E-state index contributed by atoms with van der Waals surface area (Å²) >= 11 is 0. The summed E-state index contributed by atoms with van der Waals surface area (Å²) in [6, 6.07) is 0.218. The van der Waals surface area contributed by atoms with E-state index in [1.165, 1.54) is 0 Å². The third-order valence-electron chi connectivity index (χ3n) is 7.59. The molecule has 3 saturated carbocycles. The summed E-state index contributed by atoms with van der Waals surface area (Å²) in [5, 5.41) is 0. The topological polar surface area (TPSA) is 54.5 Å². The van der Waals surface area contributed by atoms with E-state index in [2.05, 4.69) is 19.9 Å². The van der Waals surface area contributed by atoms with Gasteiger partial charge in [-0.3, -0.25) is 14.4 Å². The molecule has 5 aliphatic rings. The molecule has 0 aromatic carbocycles. The van der Waals surface area contributed by atoms with Gasteiger partial charge in [-0.2, -0.15) is 0 Å². The van der Waals surface area contributed by atoms with Crippen LogP contribution in [0.5, 0.6) is 0 Å². The van der Waals surface area contributed by atoms with Gasteiger partial charge in [0.05, 0.1) is 5.92 Å². The van der Waals surface area contributed by atoms with Gasteiger partial charge in [-0.1, -0.05) is 19.4 Å². The van der Waals surface area contributed by atoms with E-state index in [1.54, 1.807) is 0 Å². The molecular formula is C19H23NO3. The van der Waals surface area contributed by atoms with Gasteiger partial charge >= 0.3 is 0 Å². The van der Waals surface area contributed by atoms with E-state index in [-0.39, 0.29) is 47.2 Å². The van der Waals surface area contributed by atoms with Crippen molar-refractivity contribution in [2.75, 3.05) is 6.54 Å². The highest BCUT2D eigenvalue weighted by Gasteiger charge is 2.81. The lowest BCUT2D eigenvalue weighted by atomic mass is 9.62. The van der Waals surface area contributed by atoms with Gasteiger partial charge in [0.2, 0.25) is 5.91 Å². The van der Waals surface area contributed by atoms with Crippen LogP contribution in [-0.4, -0.2) is 35.0 Å². The summed E-state index contributed by atoms with van der Waals surface area (Å²) in [7, 11) is 0. The van der Waals surface area contributed by atoms with Gasteiger partial charge in [-0.15, -0.1) is 0 Å². The quantitative estimate of drug-likeness (QED) is 0.749. The van der Waals surface area contributed by atoms with Crippen molar-refractivity contribution < 1.29 is 14.4 Å². The highest BCUT2D eigenvalue weighted by atomic mass is 16.2. The molecule has 7 unspecified atom stereocenters. The first-order valence-corrected chi connectivity index (χ1v) is 9.12. The number of likely N-dealkylation sites (tertiary alicyclic amines) is 1. The fraction of sp³-hybridized carbons (Fsp3) is 0.737. The number of amides is 1. The smallest absolute Gasteiger partial charge is 0.227 e. The van der Waals surface area contributed by atoms with Crippen LogP contribution < -0.4 is 0 Å². The molecule has 23 heavy (non-hydrogen) atoms. The van der Waals surface area contributed by atoms with Gasteiger partial charge in [0, 0.05) is 18.5 Å². The van der Waals surface area contributed by atoms with Crippen LogP contribution in [0.3, 0.4) is 0 Å². The highest BCUT2D eigenvalue weighted by molar-refractivity contribution is 6.23. The lowest BCUT2D eigenvalue weighted by Gasteiger charge is -2.37. The fourth-order valence-corrected chi connectivity index (χ4v) is 6.84. The number of carbonyl (C=O) groups excluding carboxylic acids is 3. The number of allylic oxidation sites excluding steroid dienone is 2. The Balaban J connectivity index is 1.61. The zero-order chi connectivity index (χ0) is 16.1. The number of hydrogen-bond acceptors (Lipinski definition) is 3. The summed E-state index contributed by atoms with van der Waals surface area (Å²) in [5.74, 6) is 0.367. The first-order chi connectivity index (χ1) is 11.0. The van der Waals surface area contributed by atoms with E-state index in [4.69, 9.17) is 0 Å². The number of nitrogens with zero attached hydrogens (tertiary/aromatic N) is 1. The molecule has 0 N–H and O–H groups in total. The predicted octanol–water partition coefficient (Wildman–Crippen LogP) is 1.98. The van der Waals surface area contributed by atoms with Crippen molar-refractivity contribution in [2.24, 2.45) is 35.0 Å². The summed E-state index contributed by atoms with van der Waals surface area (Å²) in [6.45, 7) is 4.92. The first kappa shape index (κ1) is 13.9. The van der Waals surface area contributed by atoms with Gasteiger partial charge < -0.3 is 4.90 Å². The Hall–Kier alpha value is -1.45. The molecule has 1 heterocycles. The molecule has 4 nitrogen and oxygen atoms in total. The zero-order valence-electron chi connectivity index (χ0n) is 13.7. The maximum absolute atomic E-state index is 13.2. The molecule has 1 spiro atoms. The van der Waals surface area contributed by atoms with E-state index in [1.807, 2.05) is 4.90 Å². The minimum absolute atomic E-state index is 0.0170. The van der Waals surface area contributed by atoms with Crippen LogP contribution in [0, 0.1) is 35.0 Å². The molecule has 1 amide bonds. The van der Waals surface area contributed by atoms with Crippen molar-refractivity contribution in [1.82, 2.24) is 4.90 Å². The lowest BCUT2D eigenvalue weighted by Crippen LogP contribution is -2.47. The van der Waals surface area contributed by atoms with Crippen molar-refractivity contribution in [3.05, 3.63) is 11.6 Å². The number of ketones is 2. The Morgan fingerprint density at radius 3 is 2.83 bits per heavy atom. The molecule has 4 fully saturated rings. The van der Waals surface area contributed by atoms with E-state index in [0.717, 1.165) is 31.3 Å². The van der Waals surface area contributed by atoms with Crippen LogP contribution in [0.1, 0.15) is 39.5 Å². The van der Waals surface area contributed by atoms with Gasteiger partial charge in [0.1, 0.15) is 5.41 Å². The number of hydrogen-bond donors (Lipinski definition) is 0. The van der Waals surface area contributed by atoms with Crippen LogP contribution in [0.2, 0.25) is 0 Å². The molecule has 5 rings (SSSR count). The minimum atomic E-state index is -0.958. The van der Waals surface area contributed by atoms with Gasteiger partial charge in [0.15, 0.2) is 11.6 Å². The average Bonchev–Trinajstić information content (AvgIpc) is 3.16. The monoisotopic (exact) mass is 313 g/mol. The largest absolute Gasteiger partial charge is 0.339 e. The Kier molecular flexibility index (Phi) is 2.51. The van der Waals surface area contributed by atoms with Gasteiger partial charge in [0.25, 0.3) is 0 Å². The molecule has 0 radical (unpaired) electrons. The molecule has 1 aliphatic heterocycles. The van der Waals surface area contributed by atoms with Crippen LogP contribution >= 0.6 is 0 Å². The molecule has 4 aliphatic carbocycles. The second-order valence-corrected chi connectivity index (χ2v) is 8.30. The maximum Gasteiger partial charge on any atom is 0.227 e. The molecule has 4 bridgehead atoms. The van der Waals surface area contributed by atoms with Crippen molar-refractivity contribution in [2.45, 2.75) is 45.6 Å². The van der Waals surface area contributed by atoms with Crippen LogP contribution in [0.4, 0.5) is 0 Å². The van der Waals surface area contributed by atoms with E-state index < -0.39 is 5.41 Å². The number of fused-ring (bicyclic) bond motifs is 5. The Morgan fingerprint density at radius 1 is 1.30 bits per heavy atom. The zero-order valence-corrected chi connectivity index (χ0v) is 13.7. The summed E-state index contributed by atoms with van der Waals surface area (Å²) in [5.41, 5.74) is -0.119. The van der Waals surface area contributed by atoms with Gasteiger partial charge in [-0.25, -0.2) is 0 Å². The first-order valence-electron chi connectivity index (χ1n) is 9.12. The van der Waals surface area contributed by atoms with Crippen molar-refractivity contribution in [3.8, 4) is 0 Å². The summed E-state index contributed by atoms with van der Waals surface area (Å²) in [4.78, 5) is 41.3. The third-order valence-corrected chi connectivity index (χ3v) is 7.59. The van der Waals surface area contributed by atoms with E-state index >= 15 is 0 Å².